The number of aliphatic hydroxyl groups excluding tert-OH is 1. The molecule has 0 amide bonds. The van der Waals surface area contributed by atoms with Crippen molar-refractivity contribution in [3.63, 3.8) is 0 Å². The first-order chi connectivity index (χ1) is 5.80. The molecule has 0 aromatic rings. The summed E-state index contributed by atoms with van der Waals surface area (Å²) in [6, 6.07) is 0. The van der Waals surface area contributed by atoms with Crippen molar-refractivity contribution in [2.24, 2.45) is 5.92 Å². The number of aliphatic hydroxyl groups is 1. The Labute approximate surface area is 78.2 Å². The van der Waals surface area contributed by atoms with Crippen molar-refractivity contribution >= 4 is 0 Å². The molecular weight excluding hydrogens is 148 g/mol. The quantitative estimate of drug-likeness (QED) is 0.595. The molecule has 0 aliphatic heterocycles. The lowest BCUT2D eigenvalue weighted by molar-refractivity contribution is 0.0793. The Morgan fingerprint density at radius 3 is 1.58 bits per heavy atom. The highest BCUT2D eigenvalue weighted by atomic mass is 16.3. The molecule has 0 bridgehead atoms. The first-order valence-electron chi connectivity index (χ1n) is 5.49. The molecule has 1 rings (SSSR count). The van der Waals surface area contributed by atoms with Crippen molar-refractivity contribution in [1.82, 2.24) is 0 Å². The maximum atomic E-state index is 9.18. The van der Waals surface area contributed by atoms with Crippen LogP contribution in [0.3, 0.4) is 0 Å². The summed E-state index contributed by atoms with van der Waals surface area (Å²) in [6.45, 7) is 10.1. The fourth-order valence-electron chi connectivity index (χ4n) is 1.30. The molecule has 1 saturated carbocycles. The maximum absolute atomic E-state index is 9.18. The van der Waals surface area contributed by atoms with E-state index in [1.165, 1.54) is 19.3 Å². The van der Waals surface area contributed by atoms with Crippen LogP contribution in [0.15, 0.2) is 0 Å². The molecular formula is C11H26O. The Hall–Kier alpha value is -0.0400. The lowest BCUT2D eigenvalue weighted by atomic mass is 9.88. The molecule has 0 saturated heterocycles. The Morgan fingerprint density at radius 1 is 0.917 bits per heavy atom. The fourth-order valence-corrected chi connectivity index (χ4v) is 1.30. The van der Waals surface area contributed by atoms with E-state index in [0.29, 0.717) is 5.92 Å². The third-order valence-electron chi connectivity index (χ3n) is 2.07. The van der Waals surface area contributed by atoms with Crippen LogP contribution in [0.25, 0.3) is 0 Å². The van der Waals surface area contributed by atoms with E-state index in [1.54, 1.807) is 0 Å². The van der Waals surface area contributed by atoms with Crippen LogP contribution in [0, 0.1) is 5.92 Å². The Balaban J connectivity index is 0. The van der Waals surface area contributed by atoms with E-state index in [0.717, 1.165) is 6.42 Å². The molecule has 12 heavy (non-hydrogen) atoms. The van der Waals surface area contributed by atoms with E-state index in [4.69, 9.17) is 0 Å². The summed E-state index contributed by atoms with van der Waals surface area (Å²) >= 11 is 0. The molecule has 1 aliphatic carbocycles. The molecule has 0 spiro atoms. The van der Waals surface area contributed by atoms with Crippen molar-refractivity contribution in [3.8, 4) is 0 Å². The highest BCUT2D eigenvalue weighted by Gasteiger charge is 2.17. The van der Waals surface area contributed by atoms with Crippen LogP contribution in [0.1, 0.15) is 60.3 Å². The van der Waals surface area contributed by atoms with Gasteiger partial charge in [-0.15, -0.1) is 0 Å². The second-order valence-electron chi connectivity index (χ2n) is 2.83. The highest BCUT2D eigenvalue weighted by molar-refractivity contribution is 4.69. The van der Waals surface area contributed by atoms with Gasteiger partial charge in [-0.05, 0) is 18.8 Å². The van der Waals surface area contributed by atoms with E-state index in [9.17, 15) is 5.11 Å². The van der Waals surface area contributed by atoms with Crippen LogP contribution < -0.4 is 0 Å². The van der Waals surface area contributed by atoms with E-state index in [-0.39, 0.29) is 6.10 Å². The van der Waals surface area contributed by atoms with Gasteiger partial charge in [-0.3, -0.25) is 0 Å². The van der Waals surface area contributed by atoms with Crippen molar-refractivity contribution in [2.75, 3.05) is 0 Å². The van der Waals surface area contributed by atoms with Gasteiger partial charge in [0.05, 0.1) is 6.10 Å². The minimum absolute atomic E-state index is 0.00347. The average Bonchev–Trinajstić information content (AvgIpc) is 2.17. The lowest BCUT2D eigenvalue weighted by Crippen LogP contribution is -2.21. The molecule has 0 aromatic heterocycles. The average molecular weight is 174 g/mol. The second-order valence-corrected chi connectivity index (χ2v) is 2.83. The summed E-state index contributed by atoms with van der Waals surface area (Å²) in [5.41, 5.74) is 0. The zero-order valence-electron chi connectivity index (χ0n) is 9.43. The van der Waals surface area contributed by atoms with Gasteiger partial charge in [0.1, 0.15) is 0 Å². The Morgan fingerprint density at radius 2 is 1.33 bits per heavy atom. The first kappa shape index (κ1) is 14.5. The highest BCUT2D eigenvalue weighted by Crippen LogP contribution is 2.22. The molecule has 1 aliphatic rings. The van der Waals surface area contributed by atoms with Crippen LogP contribution in [-0.4, -0.2) is 11.2 Å². The van der Waals surface area contributed by atoms with Crippen LogP contribution in [0.4, 0.5) is 0 Å². The van der Waals surface area contributed by atoms with Crippen LogP contribution in [0.5, 0.6) is 0 Å². The third-order valence-corrected chi connectivity index (χ3v) is 2.07. The topological polar surface area (TPSA) is 20.2 Å². The van der Waals surface area contributed by atoms with Crippen molar-refractivity contribution in [1.29, 1.82) is 0 Å². The standard InChI is InChI=1S/C7H14O.2C2H6/c1-6-4-2-3-5-7(6)8;2*1-2/h6-8H,2-5H2,1H3;2*1-2H3/t6-,7-;;/m1../s1. The molecule has 0 heterocycles. The smallest absolute Gasteiger partial charge is 0.0565 e. The van der Waals surface area contributed by atoms with Crippen LogP contribution in [-0.2, 0) is 0 Å². The van der Waals surface area contributed by atoms with Crippen molar-refractivity contribution in [3.05, 3.63) is 0 Å². The van der Waals surface area contributed by atoms with E-state index in [1.807, 2.05) is 27.7 Å². The molecule has 1 nitrogen and oxygen atoms in total. The zero-order valence-corrected chi connectivity index (χ0v) is 9.43. The van der Waals surface area contributed by atoms with Gasteiger partial charge in [-0.25, -0.2) is 0 Å². The molecule has 1 N–H and O–H groups in total. The third kappa shape index (κ3) is 6.66. The normalized spacial score (nSPS) is 27.5. The maximum Gasteiger partial charge on any atom is 0.0565 e. The van der Waals surface area contributed by atoms with Gasteiger partial charge in [0.15, 0.2) is 0 Å². The molecule has 1 fully saturated rings. The first-order valence-corrected chi connectivity index (χ1v) is 5.49. The Kier molecular flexibility index (Phi) is 13.2. The molecule has 76 valence electrons. The fraction of sp³-hybridized carbons (Fsp3) is 1.00. The summed E-state index contributed by atoms with van der Waals surface area (Å²) in [6.07, 6.45) is 4.80. The predicted molar refractivity (Wildman–Crippen MR) is 56.3 cm³/mol. The second kappa shape index (κ2) is 11.0. The Bertz CT molecular complexity index is 61.4. The van der Waals surface area contributed by atoms with Gasteiger partial charge in [0.2, 0.25) is 0 Å². The molecule has 0 radical (unpaired) electrons. The van der Waals surface area contributed by atoms with Gasteiger partial charge >= 0.3 is 0 Å². The molecule has 0 aromatic carbocycles. The summed E-state index contributed by atoms with van der Waals surface area (Å²) < 4.78 is 0. The van der Waals surface area contributed by atoms with Gasteiger partial charge < -0.3 is 5.11 Å². The van der Waals surface area contributed by atoms with Gasteiger partial charge in [-0.1, -0.05) is 47.5 Å². The monoisotopic (exact) mass is 174 g/mol. The lowest BCUT2D eigenvalue weighted by Gasteiger charge is -2.23. The van der Waals surface area contributed by atoms with Gasteiger partial charge in [-0.2, -0.15) is 0 Å². The summed E-state index contributed by atoms with van der Waals surface area (Å²) in [7, 11) is 0. The summed E-state index contributed by atoms with van der Waals surface area (Å²) in [4.78, 5) is 0. The number of rotatable bonds is 0. The number of hydrogen-bond donors (Lipinski definition) is 1. The van der Waals surface area contributed by atoms with Gasteiger partial charge in [0.25, 0.3) is 0 Å². The van der Waals surface area contributed by atoms with Gasteiger partial charge in [0, 0.05) is 0 Å². The largest absolute Gasteiger partial charge is 0.393 e. The zero-order chi connectivity index (χ0) is 9.98. The van der Waals surface area contributed by atoms with E-state index < -0.39 is 0 Å². The van der Waals surface area contributed by atoms with Crippen LogP contribution >= 0.6 is 0 Å². The van der Waals surface area contributed by atoms with Crippen LogP contribution in [0.2, 0.25) is 0 Å². The van der Waals surface area contributed by atoms with Crippen molar-refractivity contribution in [2.45, 2.75) is 66.4 Å². The number of hydrogen-bond acceptors (Lipinski definition) is 1. The minimum Gasteiger partial charge on any atom is -0.393 e. The van der Waals surface area contributed by atoms with E-state index >= 15 is 0 Å². The minimum atomic E-state index is 0.00347. The molecule has 1 heteroatoms. The summed E-state index contributed by atoms with van der Waals surface area (Å²) in [5.74, 6) is 0.559. The van der Waals surface area contributed by atoms with E-state index in [2.05, 4.69) is 6.92 Å². The molecule has 0 unspecified atom stereocenters. The van der Waals surface area contributed by atoms with Crippen molar-refractivity contribution < 1.29 is 5.11 Å². The summed E-state index contributed by atoms with van der Waals surface area (Å²) in [5, 5.41) is 9.18. The SMILES string of the molecule is CC.CC.C[C@@H]1CCCC[C@H]1O. The predicted octanol–water partition coefficient (Wildman–Crippen LogP) is 3.61. The molecule has 2 atom stereocenters.